The average Bonchev–Trinajstić information content (AvgIpc) is 2.54. The first kappa shape index (κ1) is 20.0. The normalized spacial score (nSPS) is 11.5. The predicted octanol–water partition coefficient (Wildman–Crippen LogP) is 3.37. The molecule has 0 radical (unpaired) electrons. The second-order valence-electron chi connectivity index (χ2n) is 5.44. The minimum atomic E-state index is -3.65. The Hall–Kier alpha value is -1.31. The Bertz CT molecular complexity index is 801. The van der Waals surface area contributed by atoms with Crippen LogP contribution in [0.1, 0.15) is 18.1 Å². The zero-order valence-electron chi connectivity index (χ0n) is 13.8. The summed E-state index contributed by atoms with van der Waals surface area (Å²) in [5.41, 5.74) is 1.98. The molecular weight excluding hydrogens is 383 g/mol. The van der Waals surface area contributed by atoms with Gasteiger partial charge in [-0.2, -0.15) is 0 Å². The molecule has 0 aromatic heterocycles. The predicted molar refractivity (Wildman–Crippen MR) is 101 cm³/mol. The van der Waals surface area contributed by atoms with E-state index < -0.39 is 10.0 Å². The van der Waals surface area contributed by atoms with E-state index in [9.17, 15) is 8.42 Å². The topological polar surface area (TPSA) is 81.4 Å². The van der Waals surface area contributed by atoms with Crippen molar-refractivity contribution in [2.75, 3.05) is 13.2 Å². The standard InChI is InChI=1S/C17H20Cl2N2O3S/c1-2-24-17-15(18)9-13(10-16(17)19)11-21-8-7-12-3-5-14(6-4-12)25(20,22)23/h3-6,9-10,21H,2,7-8,11H2,1H3,(H2,20,22,23). The SMILES string of the molecule is CCOc1c(Cl)cc(CNCCc2ccc(S(N)(=O)=O)cc2)cc1Cl. The van der Waals surface area contributed by atoms with Gasteiger partial charge in [-0.05, 0) is 55.3 Å². The molecule has 2 aromatic rings. The number of nitrogens with one attached hydrogen (secondary N) is 1. The van der Waals surface area contributed by atoms with E-state index in [1.54, 1.807) is 12.1 Å². The van der Waals surface area contributed by atoms with Gasteiger partial charge in [-0.1, -0.05) is 35.3 Å². The maximum Gasteiger partial charge on any atom is 0.238 e. The lowest BCUT2D eigenvalue weighted by Crippen LogP contribution is -2.17. The fourth-order valence-electron chi connectivity index (χ4n) is 2.31. The monoisotopic (exact) mass is 402 g/mol. The molecule has 0 aliphatic heterocycles. The molecule has 136 valence electrons. The molecule has 0 saturated heterocycles. The lowest BCUT2D eigenvalue weighted by molar-refractivity contribution is 0.340. The maximum atomic E-state index is 11.2. The number of ether oxygens (including phenoxy) is 1. The Morgan fingerprint density at radius 3 is 2.20 bits per heavy atom. The molecular formula is C17H20Cl2N2O3S. The molecule has 25 heavy (non-hydrogen) atoms. The van der Waals surface area contributed by atoms with Crippen molar-refractivity contribution in [1.82, 2.24) is 5.32 Å². The van der Waals surface area contributed by atoms with Crippen molar-refractivity contribution in [2.45, 2.75) is 24.8 Å². The van der Waals surface area contributed by atoms with Crippen molar-refractivity contribution in [3.8, 4) is 5.75 Å². The van der Waals surface area contributed by atoms with Crippen LogP contribution in [0, 0.1) is 0 Å². The Morgan fingerprint density at radius 1 is 1.08 bits per heavy atom. The van der Waals surface area contributed by atoms with Crippen LogP contribution in [0.4, 0.5) is 0 Å². The highest BCUT2D eigenvalue weighted by Crippen LogP contribution is 2.34. The van der Waals surface area contributed by atoms with Gasteiger partial charge in [-0.3, -0.25) is 0 Å². The quantitative estimate of drug-likeness (QED) is 0.663. The van der Waals surface area contributed by atoms with E-state index in [-0.39, 0.29) is 4.90 Å². The first-order valence-corrected chi connectivity index (χ1v) is 10.0. The van der Waals surface area contributed by atoms with Gasteiger partial charge in [0, 0.05) is 6.54 Å². The van der Waals surface area contributed by atoms with Crippen LogP contribution in [-0.4, -0.2) is 21.6 Å². The molecule has 2 rings (SSSR count). The van der Waals surface area contributed by atoms with Crippen molar-refractivity contribution in [1.29, 1.82) is 0 Å². The third kappa shape index (κ3) is 5.87. The highest BCUT2D eigenvalue weighted by Gasteiger charge is 2.09. The lowest BCUT2D eigenvalue weighted by Gasteiger charge is -2.11. The minimum absolute atomic E-state index is 0.114. The van der Waals surface area contributed by atoms with Crippen LogP contribution in [0.3, 0.4) is 0 Å². The first-order valence-electron chi connectivity index (χ1n) is 7.74. The summed E-state index contributed by atoms with van der Waals surface area (Å²) in [6.07, 6.45) is 0.753. The molecule has 3 N–H and O–H groups in total. The van der Waals surface area contributed by atoms with Gasteiger partial charge >= 0.3 is 0 Å². The average molecular weight is 403 g/mol. The molecule has 2 aromatic carbocycles. The summed E-state index contributed by atoms with van der Waals surface area (Å²) in [5.74, 6) is 0.504. The molecule has 0 saturated carbocycles. The number of nitrogens with two attached hydrogens (primary N) is 1. The number of halogens is 2. The summed E-state index contributed by atoms with van der Waals surface area (Å²) in [5, 5.41) is 9.36. The molecule has 0 atom stereocenters. The largest absolute Gasteiger partial charge is 0.491 e. The van der Waals surface area contributed by atoms with Crippen LogP contribution in [0.25, 0.3) is 0 Å². The highest BCUT2D eigenvalue weighted by molar-refractivity contribution is 7.89. The second kappa shape index (κ2) is 8.87. The van der Waals surface area contributed by atoms with E-state index >= 15 is 0 Å². The molecule has 0 aliphatic rings. The molecule has 0 unspecified atom stereocenters. The third-order valence-electron chi connectivity index (χ3n) is 3.52. The molecule has 0 heterocycles. The van der Waals surface area contributed by atoms with Crippen LogP contribution in [0.15, 0.2) is 41.3 Å². The smallest absolute Gasteiger partial charge is 0.238 e. The van der Waals surface area contributed by atoms with Crippen molar-refractivity contribution in [3.63, 3.8) is 0 Å². The summed E-state index contributed by atoms with van der Waals surface area (Å²) < 4.78 is 27.8. The van der Waals surface area contributed by atoms with E-state index in [1.165, 1.54) is 12.1 Å². The molecule has 0 fully saturated rings. The van der Waals surface area contributed by atoms with Gasteiger partial charge < -0.3 is 10.1 Å². The second-order valence-corrected chi connectivity index (χ2v) is 7.81. The number of hydrogen-bond acceptors (Lipinski definition) is 4. The number of sulfonamides is 1. The van der Waals surface area contributed by atoms with Gasteiger partial charge in [0.25, 0.3) is 0 Å². The van der Waals surface area contributed by atoms with Crippen LogP contribution in [0.5, 0.6) is 5.75 Å². The fraction of sp³-hybridized carbons (Fsp3) is 0.294. The van der Waals surface area contributed by atoms with Crippen molar-refractivity contribution in [3.05, 3.63) is 57.6 Å². The van der Waals surface area contributed by atoms with Crippen molar-refractivity contribution < 1.29 is 13.2 Å². The molecule has 0 aliphatic carbocycles. The highest BCUT2D eigenvalue weighted by atomic mass is 35.5. The summed E-state index contributed by atoms with van der Waals surface area (Å²) in [7, 11) is -3.65. The summed E-state index contributed by atoms with van der Waals surface area (Å²) in [6.45, 7) is 3.71. The van der Waals surface area contributed by atoms with Gasteiger partial charge in [0.05, 0.1) is 21.5 Å². The molecule has 0 amide bonds. The molecule has 8 heteroatoms. The first-order chi connectivity index (χ1) is 11.8. The van der Waals surface area contributed by atoms with Gasteiger partial charge in [0.15, 0.2) is 5.75 Å². The van der Waals surface area contributed by atoms with Crippen LogP contribution < -0.4 is 15.2 Å². The minimum Gasteiger partial charge on any atom is -0.491 e. The zero-order valence-corrected chi connectivity index (χ0v) is 16.1. The Kier molecular flexibility index (Phi) is 7.10. The molecule has 0 spiro atoms. The van der Waals surface area contributed by atoms with Gasteiger partial charge in [0.2, 0.25) is 10.0 Å². The number of rotatable bonds is 8. The Balaban J connectivity index is 1.87. The van der Waals surface area contributed by atoms with Gasteiger partial charge in [-0.15, -0.1) is 0 Å². The zero-order chi connectivity index (χ0) is 18.4. The number of benzene rings is 2. The van der Waals surface area contributed by atoms with E-state index in [2.05, 4.69) is 5.32 Å². The van der Waals surface area contributed by atoms with Crippen LogP contribution in [-0.2, 0) is 23.0 Å². The van der Waals surface area contributed by atoms with Gasteiger partial charge in [-0.25, -0.2) is 13.6 Å². The van der Waals surface area contributed by atoms with E-state index in [0.717, 1.165) is 24.1 Å². The lowest BCUT2D eigenvalue weighted by atomic mass is 10.1. The third-order valence-corrected chi connectivity index (χ3v) is 5.01. The summed E-state index contributed by atoms with van der Waals surface area (Å²) >= 11 is 12.4. The van der Waals surface area contributed by atoms with E-state index in [4.69, 9.17) is 33.1 Å². The van der Waals surface area contributed by atoms with Crippen LogP contribution in [0.2, 0.25) is 10.0 Å². The van der Waals surface area contributed by atoms with E-state index in [1.807, 2.05) is 19.1 Å². The van der Waals surface area contributed by atoms with Crippen molar-refractivity contribution >= 4 is 33.2 Å². The summed E-state index contributed by atoms with van der Waals surface area (Å²) in [6, 6.07) is 10.2. The Morgan fingerprint density at radius 2 is 1.68 bits per heavy atom. The van der Waals surface area contributed by atoms with Crippen molar-refractivity contribution in [2.24, 2.45) is 5.14 Å². The summed E-state index contributed by atoms with van der Waals surface area (Å²) in [4.78, 5) is 0.114. The molecule has 5 nitrogen and oxygen atoms in total. The van der Waals surface area contributed by atoms with Crippen LogP contribution >= 0.6 is 23.2 Å². The Labute approximate surface area is 158 Å². The maximum absolute atomic E-state index is 11.2. The number of hydrogen-bond donors (Lipinski definition) is 2. The fourth-order valence-corrected chi connectivity index (χ4v) is 3.46. The van der Waals surface area contributed by atoms with Gasteiger partial charge in [0.1, 0.15) is 0 Å². The molecule has 0 bridgehead atoms. The van der Waals surface area contributed by atoms with E-state index in [0.29, 0.717) is 28.9 Å². The number of primary sulfonamides is 1.